The molecule has 282 valence electrons. The Morgan fingerprint density at radius 1 is 0.551 bits per heavy atom. The van der Waals surface area contributed by atoms with Crippen molar-refractivity contribution in [2.24, 2.45) is 0 Å². The lowest BCUT2D eigenvalue weighted by atomic mass is 9.91. The number of rotatable bonds is 10. The standard InChI is InChI=1S/C25H23F17N2O5/c1-17(2,3)48-15(45)43-11-8-7-10(9-12(11)44-16(46)49-18(4,5)6)47-14(27)13(26)19(28,29)20(30,31)21(32,33)22(34,35)23(36,37)24(38,39)25(40,41)42/h7-9H,1-6H3,(H,43,45)(H,44,46). The summed E-state index contributed by atoms with van der Waals surface area (Å²) in [4.78, 5) is 24.3. The maximum atomic E-state index is 14.3. The molecular formula is C25H23F17N2O5. The number of carbonyl (C=O) groups is 2. The molecule has 0 aliphatic heterocycles. The van der Waals surface area contributed by atoms with Gasteiger partial charge in [0.2, 0.25) is 5.83 Å². The second-order valence-electron chi connectivity index (χ2n) is 11.6. The number of amides is 2. The third-order valence-corrected chi connectivity index (χ3v) is 5.25. The average molecular weight is 754 g/mol. The molecule has 0 aliphatic carbocycles. The van der Waals surface area contributed by atoms with Gasteiger partial charge in [-0.15, -0.1) is 0 Å². The largest absolute Gasteiger partial charge is 0.460 e. The summed E-state index contributed by atoms with van der Waals surface area (Å²) in [7, 11) is 0. The number of anilines is 2. The Morgan fingerprint density at radius 3 is 1.31 bits per heavy atom. The number of alkyl halides is 15. The molecule has 2 amide bonds. The lowest BCUT2D eigenvalue weighted by Crippen LogP contribution is -2.72. The van der Waals surface area contributed by atoms with Crippen LogP contribution < -0.4 is 15.4 Å². The molecule has 0 heterocycles. The van der Waals surface area contributed by atoms with Crippen molar-refractivity contribution in [3.05, 3.63) is 30.0 Å². The molecule has 0 radical (unpaired) electrons. The molecule has 1 aromatic rings. The lowest BCUT2D eigenvalue weighted by molar-refractivity contribution is -0.451. The van der Waals surface area contributed by atoms with Crippen LogP contribution in [0.5, 0.6) is 5.75 Å². The van der Waals surface area contributed by atoms with E-state index in [0.29, 0.717) is 18.2 Å². The Labute approximate surface area is 263 Å². The molecule has 7 nitrogen and oxygen atoms in total. The molecule has 49 heavy (non-hydrogen) atoms. The summed E-state index contributed by atoms with van der Waals surface area (Å²) in [5, 5.41) is 3.92. The van der Waals surface area contributed by atoms with Crippen molar-refractivity contribution in [3.63, 3.8) is 0 Å². The van der Waals surface area contributed by atoms with Crippen LogP contribution in [0.4, 0.5) is 95.6 Å². The highest BCUT2D eigenvalue weighted by Gasteiger charge is 2.94. The third kappa shape index (κ3) is 8.65. The zero-order valence-electron chi connectivity index (χ0n) is 25.2. The van der Waals surface area contributed by atoms with E-state index in [1.54, 1.807) is 0 Å². The van der Waals surface area contributed by atoms with Gasteiger partial charge in [0.15, 0.2) is 0 Å². The van der Waals surface area contributed by atoms with E-state index in [9.17, 15) is 84.2 Å². The van der Waals surface area contributed by atoms with Crippen molar-refractivity contribution in [2.75, 3.05) is 10.6 Å². The minimum absolute atomic E-state index is 0.294. The first kappa shape index (κ1) is 43.1. The molecule has 0 bridgehead atoms. The van der Waals surface area contributed by atoms with Crippen LogP contribution in [-0.2, 0) is 9.47 Å². The van der Waals surface area contributed by atoms with E-state index in [4.69, 9.17) is 9.47 Å². The van der Waals surface area contributed by atoms with Crippen LogP contribution in [0.1, 0.15) is 41.5 Å². The highest BCUT2D eigenvalue weighted by molar-refractivity contribution is 5.95. The molecule has 0 fully saturated rings. The van der Waals surface area contributed by atoms with Gasteiger partial charge in [-0.2, -0.15) is 74.6 Å². The van der Waals surface area contributed by atoms with Crippen molar-refractivity contribution >= 4 is 23.6 Å². The molecule has 0 aromatic heterocycles. The minimum atomic E-state index is -8.73. The number of ether oxygens (including phenoxy) is 3. The van der Waals surface area contributed by atoms with E-state index >= 15 is 0 Å². The van der Waals surface area contributed by atoms with Gasteiger partial charge in [-0.3, -0.25) is 10.6 Å². The molecule has 0 atom stereocenters. The summed E-state index contributed by atoms with van der Waals surface area (Å²) in [6.45, 7) is 8.21. The Hall–Kier alpha value is -3.89. The van der Waals surface area contributed by atoms with E-state index in [0.717, 1.165) is 0 Å². The molecule has 0 saturated carbocycles. The predicted octanol–water partition coefficient (Wildman–Crippen LogP) is 10.2. The predicted molar refractivity (Wildman–Crippen MR) is 132 cm³/mol. The molecule has 0 unspecified atom stereocenters. The van der Waals surface area contributed by atoms with Crippen LogP contribution in [0.2, 0.25) is 0 Å². The zero-order chi connectivity index (χ0) is 39.2. The molecule has 1 rings (SSSR count). The molecule has 0 aliphatic rings. The van der Waals surface area contributed by atoms with Gasteiger partial charge in [-0.05, 0) is 53.7 Å². The van der Waals surface area contributed by atoms with Gasteiger partial charge in [-0.25, -0.2) is 9.59 Å². The van der Waals surface area contributed by atoms with Crippen LogP contribution in [0.3, 0.4) is 0 Å². The monoisotopic (exact) mass is 754 g/mol. The summed E-state index contributed by atoms with van der Waals surface area (Å²) in [5.41, 5.74) is -3.65. The molecule has 0 saturated heterocycles. The second-order valence-corrected chi connectivity index (χ2v) is 11.6. The van der Waals surface area contributed by atoms with Crippen molar-refractivity contribution in [3.8, 4) is 5.75 Å². The van der Waals surface area contributed by atoms with E-state index < -0.39 is 94.1 Å². The van der Waals surface area contributed by atoms with Crippen molar-refractivity contribution < 1.29 is 98.4 Å². The molecule has 2 N–H and O–H groups in total. The first-order chi connectivity index (χ1) is 21.4. The van der Waals surface area contributed by atoms with Gasteiger partial charge in [-0.1, -0.05) is 0 Å². The first-order valence-electron chi connectivity index (χ1n) is 12.6. The zero-order valence-corrected chi connectivity index (χ0v) is 25.2. The summed E-state index contributed by atoms with van der Waals surface area (Å²) in [6.07, 6.45) is -10.5. The van der Waals surface area contributed by atoms with Gasteiger partial charge in [0, 0.05) is 6.07 Å². The Balaban J connectivity index is 3.66. The number of carbonyl (C=O) groups excluding carboxylic acids is 2. The van der Waals surface area contributed by atoms with Crippen LogP contribution in [0, 0.1) is 0 Å². The number of nitrogens with one attached hydrogen (secondary N) is 2. The number of benzene rings is 1. The normalized spacial score (nSPS) is 14.9. The third-order valence-electron chi connectivity index (χ3n) is 5.25. The molecule has 24 heteroatoms. The fourth-order valence-electron chi connectivity index (χ4n) is 3.00. The van der Waals surface area contributed by atoms with Gasteiger partial charge in [0.25, 0.3) is 0 Å². The maximum absolute atomic E-state index is 14.3. The van der Waals surface area contributed by atoms with Crippen molar-refractivity contribution in [1.29, 1.82) is 0 Å². The highest BCUT2D eigenvalue weighted by atomic mass is 19.4. The van der Waals surface area contributed by atoms with Crippen LogP contribution in [-0.4, -0.2) is 65.1 Å². The first-order valence-corrected chi connectivity index (χ1v) is 12.6. The molecule has 0 spiro atoms. The van der Waals surface area contributed by atoms with Crippen molar-refractivity contribution in [1.82, 2.24) is 0 Å². The topological polar surface area (TPSA) is 85.9 Å². The molecule has 1 aromatic carbocycles. The summed E-state index contributed by atoms with van der Waals surface area (Å²) in [6, 6.07) is -2.45. The summed E-state index contributed by atoms with van der Waals surface area (Å²) in [5.74, 6) is -56.4. The van der Waals surface area contributed by atoms with Crippen LogP contribution >= 0.6 is 0 Å². The Morgan fingerprint density at radius 2 is 0.918 bits per heavy atom. The van der Waals surface area contributed by atoms with Crippen molar-refractivity contribution in [2.45, 2.75) is 94.5 Å². The average Bonchev–Trinajstić information content (AvgIpc) is 2.86. The smallest absolute Gasteiger partial charge is 0.444 e. The number of allylic oxidation sites excluding steroid dienone is 1. The maximum Gasteiger partial charge on any atom is 0.460 e. The van der Waals surface area contributed by atoms with Gasteiger partial charge >= 0.3 is 59.9 Å². The Bertz CT molecular complexity index is 1430. The minimum Gasteiger partial charge on any atom is -0.444 e. The second kappa shape index (κ2) is 13.1. The van der Waals surface area contributed by atoms with E-state index in [1.807, 2.05) is 10.6 Å². The van der Waals surface area contributed by atoms with Crippen LogP contribution in [0.25, 0.3) is 0 Å². The SMILES string of the molecule is CC(C)(C)OC(=O)Nc1ccc(OC(F)=C(F)C(F)(F)C(F)(F)C(F)(F)C(F)(F)C(F)(F)C(F)(F)C(F)(F)F)cc1NC(=O)OC(C)(C)C. The summed E-state index contributed by atoms with van der Waals surface area (Å²) < 4.78 is 243. The molecular weight excluding hydrogens is 731 g/mol. The number of halogens is 17. The summed E-state index contributed by atoms with van der Waals surface area (Å²) >= 11 is 0. The lowest BCUT2D eigenvalue weighted by Gasteiger charge is -2.41. The van der Waals surface area contributed by atoms with E-state index in [-0.39, 0.29) is 0 Å². The van der Waals surface area contributed by atoms with Gasteiger partial charge in [0.05, 0.1) is 11.4 Å². The fourth-order valence-corrected chi connectivity index (χ4v) is 3.00. The van der Waals surface area contributed by atoms with E-state index in [2.05, 4.69) is 4.74 Å². The Kier molecular flexibility index (Phi) is 11.5. The van der Waals surface area contributed by atoms with Gasteiger partial charge < -0.3 is 14.2 Å². The number of hydrogen-bond donors (Lipinski definition) is 2. The fraction of sp³-hybridized carbons (Fsp3) is 0.600. The quantitative estimate of drug-likeness (QED) is 0.184. The van der Waals surface area contributed by atoms with E-state index in [1.165, 1.54) is 41.5 Å². The van der Waals surface area contributed by atoms with Crippen LogP contribution in [0.15, 0.2) is 30.0 Å². The highest BCUT2D eigenvalue weighted by Crippen LogP contribution is 2.63. The number of hydrogen-bond acceptors (Lipinski definition) is 5. The van der Waals surface area contributed by atoms with Gasteiger partial charge in [0.1, 0.15) is 17.0 Å².